The lowest BCUT2D eigenvalue weighted by Gasteiger charge is -2.14. The van der Waals surface area contributed by atoms with Gasteiger partial charge in [-0.3, -0.25) is 10.1 Å². The van der Waals surface area contributed by atoms with E-state index in [1.165, 1.54) is 13.2 Å². The smallest absolute Gasteiger partial charge is 0.343 e. The molecule has 3 aromatic carbocycles. The number of hydrogen-bond donors (Lipinski definition) is 0. The van der Waals surface area contributed by atoms with Crippen LogP contribution in [0.3, 0.4) is 0 Å². The number of aromatic nitrogens is 1. The predicted octanol–water partition coefficient (Wildman–Crippen LogP) is 5.35. The standard InChI is InChI=1S/C24H18N2O5/c1-15-11-12-17(13-20(15)26(28)29)19-14-25-23(30-2)18-9-6-10-21(22(18)19)31-24(27)16-7-4-3-5-8-16/h3-14H,1-2H3. The van der Waals surface area contributed by atoms with E-state index < -0.39 is 10.9 Å². The molecule has 4 aromatic rings. The minimum Gasteiger partial charge on any atom is -0.481 e. The number of aryl methyl sites for hydroxylation is 1. The average molecular weight is 414 g/mol. The molecule has 0 atom stereocenters. The molecule has 7 heteroatoms. The molecule has 0 aliphatic rings. The number of fused-ring (bicyclic) bond motifs is 1. The van der Waals surface area contributed by atoms with E-state index in [-0.39, 0.29) is 5.69 Å². The summed E-state index contributed by atoms with van der Waals surface area (Å²) in [6.07, 6.45) is 1.56. The Balaban J connectivity index is 1.92. The lowest BCUT2D eigenvalue weighted by molar-refractivity contribution is -0.385. The van der Waals surface area contributed by atoms with Gasteiger partial charge in [0.05, 0.1) is 17.6 Å². The van der Waals surface area contributed by atoms with Crippen LogP contribution in [0.25, 0.3) is 21.9 Å². The molecule has 0 saturated carbocycles. The molecule has 0 unspecified atom stereocenters. The molecular formula is C24H18N2O5. The highest BCUT2D eigenvalue weighted by Gasteiger charge is 2.19. The fraction of sp³-hybridized carbons (Fsp3) is 0.0833. The van der Waals surface area contributed by atoms with Crippen molar-refractivity contribution in [1.82, 2.24) is 4.98 Å². The molecule has 0 bridgehead atoms. The largest absolute Gasteiger partial charge is 0.481 e. The van der Waals surface area contributed by atoms with E-state index in [2.05, 4.69) is 4.98 Å². The molecule has 4 rings (SSSR count). The second kappa shape index (κ2) is 8.23. The van der Waals surface area contributed by atoms with Crippen LogP contribution in [0.4, 0.5) is 5.69 Å². The maximum Gasteiger partial charge on any atom is 0.343 e. The van der Waals surface area contributed by atoms with E-state index >= 15 is 0 Å². The highest BCUT2D eigenvalue weighted by atomic mass is 16.6. The van der Waals surface area contributed by atoms with Crippen LogP contribution >= 0.6 is 0 Å². The van der Waals surface area contributed by atoms with E-state index in [0.717, 1.165) is 0 Å². The number of rotatable bonds is 5. The van der Waals surface area contributed by atoms with Crippen LogP contribution in [-0.2, 0) is 0 Å². The Hall–Kier alpha value is -4.26. The zero-order chi connectivity index (χ0) is 22.0. The number of nitrogens with zero attached hydrogens (tertiary/aromatic N) is 2. The van der Waals surface area contributed by atoms with E-state index in [9.17, 15) is 14.9 Å². The number of nitro groups is 1. The number of benzene rings is 3. The van der Waals surface area contributed by atoms with Crippen molar-refractivity contribution in [2.24, 2.45) is 0 Å². The van der Waals surface area contributed by atoms with E-state index in [1.54, 1.807) is 67.7 Å². The molecule has 1 heterocycles. The van der Waals surface area contributed by atoms with Crippen molar-refractivity contribution in [3.05, 3.63) is 94.2 Å². The average Bonchev–Trinajstić information content (AvgIpc) is 2.79. The summed E-state index contributed by atoms with van der Waals surface area (Å²) >= 11 is 0. The summed E-state index contributed by atoms with van der Waals surface area (Å²) in [6.45, 7) is 1.68. The van der Waals surface area contributed by atoms with Crippen molar-refractivity contribution in [2.75, 3.05) is 7.11 Å². The van der Waals surface area contributed by atoms with Gasteiger partial charge in [-0.15, -0.1) is 0 Å². The number of methoxy groups -OCH3 is 1. The SMILES string of the molecule is COc1ncc(-c2ccc(C)c([N+](=O)[O-])c2)c2c(OC(=O)c3ccccc3)cccc12. The summed E-state index contributed by atoms with van der Waals surface area (Å²) in [7, 11) is 1.50. The van der Waals surface area contributed by atoms with Crippen molar-refractivity contribution < 1.29 is 19.2 Å². The Kier molecular flexibility index (Phi) is 5.32. The van der Waals surface area contributed by atoms with E-state index in [1.807, 2.05) is 6.07 Å². The number of hydrogen-bond acceptors (Lipinski definition) is 6. The lowest BCUT2D eigenvalue weighted by Crippen LogP contribution is -2.08. The molecule has 0 aliphatic heterocycles. The summed E-state index contributed by atoms with van der Waals surface area (Å²) < 4.78 is 11.1. The topological polar surface area (TPSA) is 91.6 Å². The summed E-state index contributed by atoms with van der Waals surface area (Å²) in [5.74, 6) is 0.160. The van der Waals surface area contributed by atoms with E-state index in [0.29, 0.717) is 44.7 Å². The first-order chi connectivity index (χ1) is 15.0. The van der Waals surface area contributed by atoms with Gasteiger partial charge >= 0.3 is 5.97 Å². The fourth-order valence-electron chi connectivity index (χ4n) is 3.42. The molecule has 0 spiro atoms. The van der Waals surface area contributed by atoms with Gasteiger partial charge in [0.2, 0.25) is 5.88 Å². The summed E-state index contributed by atoms with van der Waals surface area (Å²) in [5, 5.41) is 12.6. The van der Waals surface area contributed by atoms with Crippen LogP contribution in [0.1, 0.15) is 15.9 Å². The monoisotopic (exact) mass is 414 g/mol. The van der Waals surface area contributed by atoms with Crippen molar-refractivity contribution in [3.8, 4) is 22.8 Å². The number of nitro benzene ring substituents is 1. The van der Waals surface area contributed by atoms with Crippen molar-refractivity contribution in [2.45, 2.75) is 6.92 Å². The minimum atomic E-state index is -0.510. The second-order valence-electron chi connectivity index (χ2n) is 6.87. The molecule has 1 aromatic heterocycles. The van der Waals surface area contributed by atoms with Crippen LogP contribution in [0.2, 0.25) is 0 Å². The Morgan fingerprint density at radius 3 is 2.52 bits per heavy atom. The number of ether oxygens (including phenoxy) is 2. The first-order valence-corrected chi connectivity index (χ1v) is 9.48. The minimum absolute atomic E-state index is 0.000212. The quantitative estimate of drug-likeness (QED) is 0.189. The Labute approximate surface area is 178 Å². The Bertz CT molecular complexity index is 1300. The molecule has 0 N–H and O–H groups in total. The second-order valence-corrected chi connectivity index (χ2v) is 6.87. The van der Waals surface area contributed by atoms with Crippen LogP contribution in [0.15, 0.2) is 72.9 Å². The molecule has 0 radical (unpaired) electrons. The zero-order valence-corrected chi connectivity index (χ0v) is 16.9. The van der Waals surface area contributed by atoms with Gasteiger partial charge in [0.15, 0.2) is 0 Å². The molecule has 0 aliphatic carbocycles. The molecule has 0 saturated heterocycles. The molecule has 31 heavy (non-hydrogen) atoms. The maximum atomic E-state index is 12.7. The van der Waals surface area contributed by atoms with E-state index in [4.69, 9.17) is 9.47 Å². The van der Waals surface area contributed by atoms with Gasteiger partial charge in [0.1, 0.15) is 5.75 Å². The van der Waals surface area contributed by atoms with Gasteiger partial charge in [0, 0.05) is 34.2 Å². The number of carbonyl (C=O) groups excluding carboxylic acids is 1. The molecule has 0 amide bonds. The third-order valence-electron chi connectivity index (χ3n) is 4.96. The number of carbonyl (C=O) groups is 1. The van der Waals surface area contributed by atoms with Crippen LogP contribution in [0.5, 0.6) is 11.6 Å². The van der Waals surface area contributed by atoms with Crippen molar-refractivity contribution in [1.29, 1.82) is 0 Å². The summed E-state index contributed by atoms with van der Waals surface area (Å²) in [6, 6.07) is 18.8. The number of pyridine rings is 1. The Morgan fingerprint density at radius 2 is 1.81 bits per heavy atom. The van der Waals surface area contributed by atoms with Crippen LogP contribution < -0.4 is 9.47 Å². The molecule has 154 valence electrons. The molecular weight excluding hydrogens is 396 g/mol. The van der Waals surface area contributed by atoms with Crippen molar-refractivity contribution >= 4 is 22.4 Å². The van der Waals surface area contributed by atoms with Gasteiger partial charge < -0.3 is 9.47 Å². The fourth-order valence-corrected chi connectivity index (χ4v) is 3.42. The lowest BCUT2D eigenvalue weighted by atomic mass is 9.98. The van der Waals surface area contributed by atoms with Crippen LogP contribution in [-0.4, -0.2) is 23.0 Å². The van der Waals surface area contributed by atoms with Gasteiger partial charge in [-0.2, -0.15) is 0 Å². The third kappa shape index (κ3) is 3.81. The first-order valence-electron chi connectivity index (χ1n) is 9.48. The highest BCUT2D eigenvalue weighted by Crippen LogP contribution is 2.40. The van der Waals surface area contributed by atoms with Crippen LogP contribution in [0, 0.1) is 17.0 Å². The summed E-state index contributed by atoms with van der Waals surface area (Å²) in [4.78, 5) is 28.1. The third-order valence-corrected chi connectivity index (χ3v) is 4.96. The summed E-state index contributed by atoms with van der Waals surface area (Å²) in [5.41, 5.74) is 2.14. The highest BCUT2D eigenvalue weighted by molar-refractivity contribution is 6.04. The first kappa shape index (κ1) is 20.0. The van der Waals surface area contributed by atoms with Gasteiger partial charge in [-0.1, -0.05) is 36.4 Å². The number of esters is 1. The molecule has 7 nitrogen and oxygen atoms in total. The Morgan fingerprint density at radius 1 is 1.03 bits per heavy atom. The van der Waals surface area contributed by atoms with Crippen molar-refractivity contribution in [3.63, 3.8) is 0 Å². The molecule has 0 fully saturated rings. The predicted molar refractivity (Wildman–Crippen MR) is 117 cm³/mol. The maximum absolute atomic E-state index is 12.7. The van der Waals surface area contributed by atoms with Gasteiger partial charge in [0.25, 0.3) is 5.69 Å². The van der Waals surface area contributed by atoms with Gasteiger partial charge in [-0.25, -0.2) is 9.78 Å². The zero-order valence-electron chi connectivity index (χ0n) is 16.9. The normalized spacial score (nSPS) is 10.6. The van der Waals surface area contributed by atoms with Gasteiger partial charge in [-0.05, 0) is 36.8 Å².